The van der Waals surface area contributed by atoms with E-state index in [9.17, 15) is 19.5 Å². The molecule has 1 saturated heterocycles. The lowest BCUT2D eigenvalue weighted by molar-refractivity contribution is -0.255. The van der Waals surface area contributed by atoms with Crippen LogP contribution in [0.2, 0.25) is 0 Å². The van der Waals surface area contributed by atoms with E-state index in [1.165, 1.54) is 29.2 Å². The van der Waals surface area contributed by atoms with Crippen LogP contribution in [0.4, 0.5) is 0 Å². The molecule has 0 spiro atoms. The van der Waals surface area contributed by atoms with Crippen molar-refractivity contribution in [1.82, 2.24) is 10.2 Å². The number of hydrogen-bond donors (Lipinski definition) is 1. The van der Waals surface area contributed by atoms with Crippen molar-refractivity contribution in [3.05, 3.63) is 65.9 Å². The van der Waals surface area contributed by atoms with E-state index in [0.717, 1.165) is 0 Å². The number of carbonyl (C=O) groups is 3. The molecule has 0 saturated carbocycles. The molecule has 1 aliphatic rings. The second kappa shape index (κ2) is 7.38. The number of benzene rings is 1. The normalized spacial score (nSPS) is 15.8. The number of hydrogen-bond acceptors (Lipinski definition) is 6. The standard InChI is InChI=1S/C19H14N2O5S/c1-2-9-21-17(23)14(16(22)20-19(21)27)10-11-7-8-15(26-11)12-5-3-4-6-13(12)18(24)25/h2-8,10H,1,9H2,(H,24,25)(H,20,22,27)/p-1/b14-10+. The number of carbonyl (C=O) groups excluding carboxylic acids is 3. The lowest BCUT2D eigenvalue weighted by Gasteiger charge is -2.27. The number of rotatable bonds is 5. The summed E-state index contributed by atoms with van der Waals surface area (Å²) in [7, 11) is 0. The van der Waals surface area contributed by atoms with Gasteiger partial charge in [0.05, 0.1) is 5.97 Å². The van der Waals surface area contributed by atoms with Gasteiger partial charge in [-0.1, -0.05) is 30.3 Å². The predicted octanol–water partition coefficient (Wildman–Crippen LogP) is 1.12. The van der Waals surface area contributed by atoms with Crippen molar-refractivity contribution in [2.24, 2.45) is 0 Å². The van der Waals surface area contributed by atoms with Gasteiger partial charge in [0.1, 0.15) is 17.1 Å². The molecule has 7 nitrogen and oxygen atoms in total. The van der Waals surface area contributed by atoms with Crippen molar-refractivity contribution in [1.29, 1.82) is 0 Å². The summed E-state index contributed by atoms with van der Waals surface area (Å²) in [5, 5.41) is 13.7. The monoisotopic (exact) mass is 381 g/mol. The van der Waals surface area contributed by atoms with E-state index in [2.05, 4.69) is 11.9 Å². The minimum atomic E-state index is -1.34. The molecule has 2 amide bonds. The highest BCUT2D eigenvalue weighted by Crippen LogP contribution is 2.27. The van der Waals surface area contributed by atoms with E-state index in [1.54, 1.807) is 24.3 Å². The van der Waals surface area contributed by atoms with Gasteiger partial charge in [0, 0.05) is 17.7 Å². The number of amides is 2. The number of thiocarbonyl (C=S) groups is 1. The predicted molar refractivity (Wildman–Crippen MR) is 99.1 cm³/mol. The molecule has 27 heavy (non-hydrogen) atoms. The molecule has 0 unspecified atom stereocenters. The number of aromatic carboxylic acids is 1. The topological polar surface area (TPSA) is 103 Å². The van der Waals surface area contributed by atoms with Gasteiger partial charge in [-0.15, -0.1) is 6.58 Å². The van der Waals surface area contributed by atoms with Gasteiger partial charge in [-0.25, -0.2) is 0 Å². The number of nitrogens with one attached hydrogen (secondary N) is 1. The minimum absolute atomic E-state index is 0.00469. The summed E-state index contributed by atoms with van der Waals surface area (Å²) < 4.78 is 5.61. The summed E-state index contributed by atoms with van der Waals surface area (Å²) in [6.45, 7) is 3.70. The van der Waals surface area contributed by atoms with Crippen LogP contribution < -0.4 is 10.4 Å². The Morgan fingerprint density at radius 3 is 2.70 bits per heavy atom. The number of nitrogens with zero attached hydrogens (tertiary/aromatic N) is 1. The third kappa shape index (κ3) is 3.56. The lowest BCUT2D eigenvalue weighted by Crippen LogP contribution is -2.53. The Morgan fingerprint density at radius 1 is 1.26 bits per heavy atom. The summed E-state index contributed by atoms with van der Waals surface area (Å²) in [5.74, 6) is -2.07. The SMILES string of the molecule is C=CCN1C(=O)/C(=C/c2ccc(-c3ccccc3C(=O)[O-])o2)C(=O)NC1=S. The summed E-state index contributed by atoms with van der Waals surface area (Å²) in [6.07, 6.45) is 2.77. The van der Waals surface area contributed by atoms with Gasteiger partial charge in [0.25, 0.3) is 11.8 Å². The molecule has 2 heterocycles. The lowest BCUT2D eigenvalue weighted by atomic mass is 10.1. The zero-order chi connectivity index (χ0) is 19.6. The van der Waals surface area contributed by atoms with E-state index < -0.39 is 17.8 Å². The van der Waals surface area contributed by atoms with Gasteiger partial charge >= 0.3 is 0 Å². The first-order valence-electron chi connectivity index (χ1n) is 7.82. The number of carboxylic acid groups (broad SMARTS) is 1. The third-order valence-corrected chi connectivity index (χ3v) is 4.15. The summed E-state index contributed by atoms with van der Waals surface area (Å²) in [5.41, 5.74) is 0.149. The largest absolute Gasteiger partial charge is 0.545 e. The quantitative estimate of drug-likeness (QED) is 0.360. The van der Waals surface area contributed by atoms with Crippen LogP contribution >= 0.6 is 12.2 Å². The van der Waals surface area contributed by atoms with Crippen molar-refractivity contribution in [3.63, 3.8) is 0 Å². The first kappa shape index (κ1) is 18.3. The maximum atomic E-state index is 12.5. The maximum absolute atomic E-state index is 12.5. The summed E-state index contributed by atoms with van der Waals surface area (Å²) >= 11 is 4.98. The van der Waals surface area contributed by atoms with Crippen molar-refractivity contribution >= 4 is 41.2 Å². The Morgan fingerprint density at radius 2 is 2.00 bits per heavy atom. The van der Waals surface area contributed by atoms with E-state index in [4.69, 9.17) is 16.6 Å². The summed E-state index contributed by atoms with van der Waals surface area (Å²) in [6, 6.07) is 9.28. The maximum Gasteiger partial charge on any atom is 0.266 e. The molecule has 1 aliphatic heterocycles. The fourth-order valence-electron chi connectivity index (χ4n) is 2.58. The van der Waals surface area contributed by atoms with E-state index in [0.29, 0.717) is 5.56 Å². The van der Waals surface area contributed by atoms with Crippen LogP contribution in [0.5, 0.6) is 0 Å². The van der Waals surface area contributed by atoms with E-state index >= 15 is 0 Å². The van der Waals surface area contributed by atoms with Gasteiger partial charge < -0.3 is 14.3 Å². The van der Waals surface area contributed by atoms with Gasteiger partial charge in [-0.3, -0.25) is 19.8 Å². The zero-order valence-electron chi connectivity index (χ0n) is 13.9. The van der Waals surface area contributed by atoms with E-state index in [1.807, 2.05) is 0 Å². The molecular formula is C19H13N2O5S-. The zero-order valence-corrected chi connectivity index (χ0v) is 14.7. The van der Waals surface area contributed by atoms with Crippen LogP contribution in [0.15, 0.2) is 59.0 Å². The molecular weight excluding hydrogens is 368 g/mol. The fourth-order valence-corrected chi connectivity index (χ4v) is 2.83. The molecule has 2 aromatic rings. The molecule has 1 N–H and O–H groups in total. The van der Waals surface area contributed by atoms with Crippen LogP contribution in [0.1, 0.15) is 16.1 Å². The van der Waals surface area contributed by atoms with Crippen LogP contribution in [0.3, 0.4) is 0 Å². The first-order chi connectivity index (χ1) is 12.9. The Balaban J connectivity index is 1.96. The van der Waals surface area contributed by atoms with Gasteiger partial charge in [0.15, 0.2) is 5.11 Å². The molecule has 8 heteroatoms. The van der Waals surface area contributed by atoms with Crippen molar-refractivity contribution in [3.8, 4) is 11.3 Å². The second-order valence-corrected chi connectivity index (χ2v) is 5.94. The molecule has 136 valence electrons. The van der Waals surface area contributed by atoms with Gasteiger partial charge in [-0.2, -0.15) is 0 Å². The smallest absolute Gasteiger partial charge is 0.266 e. The van der Waals surface area contributed by atoms with Gasteiger partial charge in [0.2, 0.25) is 0 Å². The fraction of sp³-hybridized carbons (Fsp3) is 0.0526. The van der Waals surface area contributed by atoms with Crippen LogP contribution in [-0.4, -0.2) is 34.3 Å². The van der Waals surface area contributed by atoms with Crippen LogP contribution in [-0.2, 0) is 9.59 Å². The number of furan rings is 1. The Hall–Kier alpha value is -3.52. The first-order valence-corrected chi connectivity index (χ1v) is 8.23. The minimum Gasteiger partial charge on any atom is -0.545 e. The molecule has 3 rings (SSSR count). The second-order valence-electron chi connectivity index (χ2n) is 5.56. The molecule has 0 aliphatic carbocycles. The Bertz CT molecular complexity index is 1010. The van der Waals surface area contributed by atoms with Crippen LogP contribution in [0, 0.1) is 0 Å². The van der Waals surface area contributed by atoms with E-state index in [-0.39, 0.29) is 34.3 Å². The van der Waals surface area contributed by atoms with Crippen molar-refractivity contribution in [2.75, 3.05) is 6.54 Å². The Kier molecular flexibility index (Phi) is 5.00. The van der Waals surface area contributed by atoms with Crippen molar-refractivity contribution in [2.45, 2.75) is 0 Å². The third-order valence-electron chi connectivity index (χ3n) is 3.82. The Labute approximate surface area is 159 Å². The molecule has 1 aromatic carbocycles. The molecule has 0 radical (unpaired) electrons. The molecule has 0 atom stereocenters. The average Bonchev–Trinajstić information content (AvgIpc) is 3.10. The average molecular weight is 381 g/mol. The molecule has 1 fully saturated rings. The number of carboxylic acids is 1. The highest BCUT2D eigenvalue weighted by molar-refractivity contribution is 7.80. The highest BCUT2D eigenvalue weighted by Gasteiger charge is 2.32. The molecule has 0 bridgehead atoms. The van der Waals surface area contributed by atoms with Crippen molar-refractivity contribution < 1.29 is 23.9 Å². The molecule has 1 aromatic heterocycles. The summed E-state index contributed by atoms with van der Waals surface area (Å²) in [4.78, 5) is 37.1. The highest BCUT2D eigenvalue weighted by atomic mass is 32.1. The van der Waals surface area contributed by atoms with Gasteiger partial charge in [-0.05, 0) is 30.4 Å². The van der Waals surface area contributed by atoms with Crippen LogP contribution in [0.25, 0.3) is 17.4 Å².